The molecule has 0 unspecified atom stereocenters. The highest BCUT2D eigenvalue weighted by atomic mass is 32.2. The monoisotopic (exact) mass is 279 g/mol. The Bertz CT molecular complexity index is 683. The van der Waals surface area contributed by atoms with Crippen molar-refractivity contribution < 1.29 is 8.42 Å². The van der Waals surface area contributed by atoms with Crippen LogP contribution in [-0.4, -0.2) is 32.0 Å². The van der Waals surface area contributed by atoms with Crippen LogP contribution in [0, 0.1) is 0 Å². The fourth-order valence-electron chi connectivity index (χ4n) is 1.89. The standard InChI is InChI=1S/C13H17N3O2S/c1-19(17,18)9-3-8-16-12-6-5-11-10(13(12)14)4-2-7-15-11/h2,4-7,16H,3,8-9,14H2,1H3. The average Bonchev–Trinajstić information content (AvgIpc) is 2.36. The molecule has 0 bridgehead atoms. The summed E-state index contributed by atoms with van der Waals surface area (Å²) in [5, 5.41) is 4.06. The number of hydrogen-bond donors (Lipinski definition) is 2. The second-order valence-electron chi connectivity index (χ2n) is 4.51. The van der Waals surface area contributed by atoms with Crippen LogP contribution in [0.5, 0.6) is 0 Å². The van der Waals surface area contributed by atoms with E-state index in [0.29, 0.717) is 18.7 Å². The highest BCUT2D eigenvalue weighted by Gasteiger charge is 2.05. The van der Waals surface area contributed by atoms with Gasteiger partial charge < -0.3 is 11.1 Å². The number of nitrogens with zero attached hydrogens (tertiary/aromatic N) is 1. The Morgan fingerprint density at radius 1 is 1.32 bits per heavy atom. The smallest absolute Gasteiger partial charge is 0.147 e. The number of hydrogen-bond acceptors (Lipinski definition) is 5. The van der Waals surface area contributed by atoms with Gasteiger partial charge >= 0.3 is 0 Å². The van der Waals surface area contributed by atoms with E-state index in [1.807, 2.05) is 24.3 Å². The Balaban J connectivity index is 2.07. The van der Waals surface area contributed by atoms with Crippen LogP contribution in [-0.2, 0) is 9.84 Å². The summed E-state index contributed by atoms with van der Waals surface area (Å²) >= 11 is 0. The summed E-state index contributed by atoms with van der Waals surface area (Å²) in [5.74, 6) is 0.176. The van der Waals surface area contributed by atoms with Gasteiger partial charge in [-0.25, -0.2) is 8.42 Å². The quantitative estimate of drug-likeness (QED) is 0.642. The molecule has 2 aromatic rings. The van der Waals surface area contributed by atoms with Crippen LogP contribution in [0.3, 0.4) is 0 Å². The lowest BCUT2D eigenvalue weighted by molar-refractivity contribution is 0.600. The predicted molar refractivity (Wildman–Crippen MR) is 79.0 cm³/mol. The van der Waals surface area contributed by atoms with Crippen molar-refractivity contribution in [2.24, 2.45) is 0 Å². The molecule has 0 fully saturated rings. The average molecular weight is 279 g/mol. The summed E-state index contributed by atoms with van der Waals surface area (Å²) in [6, 6.07) is 7.52. The molecule has 0 spiro atoms. The molecule has 19 heavy (non-hydrogen) atoms. The Labute approximate surface area is 112 Å². The van der Waals surface area contributed by atoms with Crippen molar-refractivity contribution in [1.29, 1.82) is 0 Å². The number of anilines is 2. The second-order valence-corrected chi connectivity index (χ2v) is 6.77. The molecule has 0 saturated heterocycles. The molecule has 3 N–H and O–H groups in total. The molecule has 2 rings (SSSR count). The van der Waals surface area contributed by atoms with Crippen LogP contribution in [0.2, 0.25) is 0 Å². The van der Waals surface area contributed by atoms with E-state index in [1.54, 1.807) is 6.20 Å². The van der Waals surface area contributed by atoms with Gasteiger partial charge in [0.25, 0.3) is 0 Å². The van der Waals surface area contributed by atoms with Crippen molar-refractivity contribution in [3.05, 3.63) is 30.5 Å². The lowest BCUT2D eigenvalue weighted by Crippen LogP contribution is -2.10. The maximum absolute atomic E-state index is 11.0. The first-order valence-electron chi connectivity index (χ1n) is 6.02. The first kappa shape index (κ1) is 13.6. The Hall–Kier alpha value is -1.82. The SMILES string of the molecule is CS(=O)(=O)CCCNc1ccc2ncccc2c1N. The van der Waals surface area contributed by atoms with Crippen LogP contribution >= 0.6 is 0 Å². The van der Waals surface area contributed by atoms with E-state index in [4.69, 9.17) is 5.73 Å². The fourth-order valence-corrected chi connectivity index (χ4v) is 2.56. The van der Waals surface area contributed by atoms with Gasteiger partial charge in [-0.3, -0.25) is 4.98 Å². The number of benzene rings is 1. The van der Waals surface area contributed by atoms with Gasteiger partial charge in [0.2, 0.25) is 0 Å². The molecule has 0 aliphatic carbocycles. The topological polar surface area (TPSA) is 85.1 Å². The summed E-state index contributed by atoms with van der Waals surface area (Å²) in [4.78, 5) is 4.22. The van der Waals surface area contributed by atoms with Crippen molar-refractivity contribution in [2.75, 3.05) is 29.6 Å². The maximum atomic E-state index is 11.0. The van der Waals surface area contributed by atoms with E-state index in [1.165, 1.54) is 6.26 Å². The number of fused-ring (bicyclic) bond motifs is 1. The van der Waals surface area contributed by atoms with Crippen LogP contribution in [0.4, 0.5) is 11.4 Å². The predicted octanol–water partition coefficient (Wildman–Crippen LogP) is 1.66. The lowest BCUT2D eigenvalue weighted by atomic mass is 10.1. The van der Waals surface area contributed by atoms with Gasteiger partial charge in [-0.05, 0) is 30.7 Å². The maximum Gasteiger partial charge on any atom is 0.147 e. The number of nitrogens with two attached hydrogens (primary N) is 1. The molecule has 0 atom stereocenters. The number of nitrogen functional groups attached to an aromatic ring is 1. The molecular formula is C13H17N3O2S. The number of aromatic nitrogens is 1. The van der Waals surface area contributed by atoms with Crippen molar-refractivity contribution in [2.45, 2.75) is 6.42 Å². The van der Waals surface area contributed by atoms with Gasteiger partial charge in [-0.2, -0.15) is 0 Å². The molecule has 6 heteroatoms. The summed E-state index contributed by atoms with van der Waals surface area (Å²) in [7, 11) is -2.90. The number of pyridine rings is 1. The van der Waals surface area contributed by atoms with E-state index in [2.05, 4.69) is 10.3 Å². The molecule has 0 aliphatic heterocycles. The molecule has 0 amide bonds. The highest BCUT2D eigenvalue weighted by Crippen LogP contribution is 2.27. The minimum Gasteiger partial charge on any atom is -0.397 e. The third kappa shape index (κ3) is 3.57. The number of nitrogens with one attached hydrogen (secondary N) is 1. The van der Waals surface area contributed by atoms with E-state index in [9.17, 15) is 8.42 Å². The van der Waals surface area contributed by atoms with Crippen LogP contribution in [0.25, 0.3) is 10.9 Å². The van der Waals surface area contributed by atoms with E-state index in [-0.39, 0.29) is 5.75 Å². The van der Waals surface area contributed by atoms with Gasteiger partial charge in [0.1, 0.15) is 9.84 Å². The molecule has 0 radical (unpaired) electrons. The van der Waals surface area contributed by atoms with Gasteiger partial charge in [0.15, 0.2) is 0 Å². The van der Waals surface area contributed by atoms with Crippen LogP contribution < -0.4 is 11.1 Å². The molecule has 5 nitrogen and oxygen atoms in total. The summed E-state index contributed by atoms with van der Waals surface area (Å²) in [5.41, 5.74) is 8.37. The van der Waals surface area contributed by atoms with E-state index >= 15 is 0 Å². The van der Waals surface area contributed by atoms with Gasteiger partial charge in [0.05, 0.1) is 22.6 Å². The van der Waals surface area contributed by atoms with E-state index in [0.717, 1.165) is 16.6 Å². The van der Waals surface area contributed by atoms with Crippen molar-refractivity contribution >= 4 is 32.1 Å². The molecule has 1 aromatic heterocycles. The summed E-state index contributed by atoms with van der Waals surface area (Å²) < 4.78 is 22.0. The fraction of sp³-hybridized carbons (Fsp3) is 0.308. The number of rotatable bonds is 5. The molecular weight excluding hydrogens is 262 g/mol. The zero-order chi connectivity index (χ0) is 13.9. The van der Waals surface area contributed by atoms with Gasteiger partial charge in [-0.15, -0.1) is 0 Å². The number of sulfone groups is 1. The summed E-state index contributed by atoms with van der Waals surface area (Å²) in [6.07, 6.45) is 3.52. The van der Waals surface area contributed by atoms with Gasteiger partial charge in [0, 0.05) is 24.4 Å². The molecule has 1 heterocycles. The molecule has 0 saturated carbocycles. The van der Waals surface area contributed by atoms with E-state index < -0.39 is 9.84 Å². The first-order chi connectivity index (χ1) is 8.97. The Kier molecular flexibility index (Phi) is 3.90. The highest BCUT2D eigenvalue weighted by molar-refractivity contribution is 7.90. The lowest BCUT2D eigenvalue weighted by Gasteiger charge is -2.11. The minimum atomic E-state index is -2.90. The summed E-state index contributed by atoms with van der Waals surface area (Å²) in [6.45, 7) is 0.572. The Morgan fingerprint density at radius 3 is 2.84 bits per heavy atom. The largest absolute Gasteiger partial charge is 0.397 e. The van der Waals surface area contributed by atoms with Crippen LogP contribution in [0.1, 0.15) is 6.42 Å². The van der Waals surface area contributed by atoms with Gasteiger partial charge in [-0.1, -0.05) is 0 Å². The Morgan fingerprint density at radius 2 is 2.11 bits per heavy atom. The van der Waals surface area contributed by atoms with Crippen molar-refractivity contribution in [3.8, 4) is 0 Å². The third-order valence-corrected chi connectivity index (χ3v) is 3.86. The normalized spacial score (nSPS) is 11.6. The zero-order valence-electron chi connectivity index (χ0n) is 10.8. The van der Waals surface area contributed by atoms with Crippen molar-refractivity contribution in [1.82, 2.24) is 4.98 Å². The first-order valence-corrected chi connectivity index (χ1v) is 8.08. The molecule has 102 valence electrons. The zero-order valence-corrected chi connectivity index (χ0v) is 11.6. The second kappa shape index (κ2) is 5.44. The molecule has 1 aromatic carbocycles. The molecule has 0 aliphatic rings. The minimum absolute atomic E-state index is 0.176. The van der Waals surface area contributed by atoms with Crippen molar-refractivity contribution in [3.63, 3.8) is 0 Å². The third-order valence-electron chi connectivity index (χ3n) is 2.83. The van der Waals surface area contributed by atoms with Crippen LogP contribution in [0.15, 0.2) is 30.5 Å².